The molecule has 0 unspecified atom stereocenters. The van der Waals surface area contributed by atoms with Crippen LogP contribution in [0.5, 0.6) is 0 Å². The topological polar surface area (TPSA) is 65.2 Å². The van der Waals surface area contributed by atoms with Crippen LogP contribution in [0.3, 0.4) is 0 Å². The molecule has 0 saturated heterocycles. The number of aromatic amines is 1. The zero-order chi connectivity index (χ0) is 26.3. The summed E-state index contributed by atoms with van der Waals surface area (Å²) >= 11 is 0. The molecule has 6 heteroatoms. The molecular weight excluding hydrogens is 465 g/mol. The molecule has 0 spiro atoms. The third-order valence-electron chi connectivity index (χ3n) is 7.92. The average Bonchev–Trinajstić information content (AvgIpc) is 3.45. The molecule has 0 aliphatic heterocycles. The summed E-state index contributed by atoms with van der Waals surface area (Å²) < 4.78 is 14.9. The molecule has 2 bridgehead atoms. The van der Waals surface area contributed by atoms with Gasteiger partial charge in [0.15, 0.2) is 0 Å². The number of hydrogen-bond acceptors (Lipinski definition) is 3. The first-order chi connectivity index (χ1) is 17.6. The maximum Gasteiger partial charge on any atom is 0.261 e. The van der Waals surface area contributed by atoms with Crippen LogP contribution in [0.25, 0.3) is 10.9 Å². The molecule has 192 valence electrons. The fourth-order valence-electron chi connectivity index (χ4n) is 6.19. The standard InChI is InChI=1S/C31H34FN3O2/c1-31(2,32)24-8-5-9-26-28(24)29(36)23(18-33-26)30(37)34-25-15-14-22(17-21(25)7-6-16-35(3)4)27-19-10-11-20(27)13-12-19/h5,8-9,14-15,17-20,27H,10-13,16H2,1-4H3,(H,33,36)(H,34,37). The summed E-state index contributed by atoms with van der Waals surface area (Å²) in [7, 11) is 3.92. The molecule has 2 saturated carbocycles. The lowest BCUT2D eigenvalue weighted by Gasteiger charge is -2.18. The predicted octanol–water partition coefficient (Wildman–Crippen LogP) is 5.80. The van der Waals surface area contributed by atoms with Crippen molar-refractivity contribution < 1.29 is 9.18 Å². The lowest BCUT2D eigenvalue weighted by atomic mass is 9.88. The Morgan fingerprint density at radius 3 is 2.49 bits per heavy atom. The first-order valence-corrected chi connectivity index (χ1v) is 13.1. The van der Waals surface area contributed by atoms with Gasteiger partial charge in [0.05, 0.1) is 17.6 Å². The van der Waals surface area contributed by atoms with Gasteiger partial charge in [0, 0.05) is 22.8 Å². The summed E-state index contributed by atoms with van der Waals surface area (Å²) in [6.45, 7) is 3.41. The Kier molecular flexibility index (Phi) is 6.68. The molecule has 0 radical (unpaired) electrons. The van der Waals surface area contributed by atoms with Crippen LogP contribution < -0.4 is 10.7 Å². The zero-order valence-electron chi connectivity index (χ0n) is 22.0. The minimum Gasteiger partial charge on any atom is -0.360 e. The van der Waals surface area contributed by atoms with Crippen molar-refractivity contribution in [2.24, 2.45) is 11.8 Å². The van der Waals surface area contributed by atoms with Gasteiger partial charge in [-0.25, -0.2) is 4.39 Å². The molecule has 1 heterocycles. The van der Waals surface area contributed by atoms with Crippen LogP contribution in [0, 0.1) is 23.7 Å². The number of pyridine rings is 1. The summed E-state index contributed by atoms with van der Waals surface area (Å²) in [6.07, 6.45) is 6.56. The van der Waals surface area contributed by atoms with E-state index in [0.717, 1.165) is 17.4 Å². The number of nitrogens with one attached hydrogen (secondary N) is 2. The molecule has 37 heavy (non-hydrogen) atoms. The Balaban J connectivity index is 1.51. The number of anilines is 1. The van der Waals surface area contributed by atoms with E-state index in [4.69, 9.17) is 0 Å². The molecular formula is C31H34FN3O2. The fraction of sp³-hybridized carbons (Fsp3) is 0.419. The normalized spacial score (nSPS) is 20.8. The first-order valence-electron chi connectivity index (χ1n) is 13.1. The zero-order valence-corrected chi connectivity index (χ0v) is 22.0. The summed E-state index contributed by atoms with van der Waals surface area (Å²) in [5.74, 6) is 7.92. The van der Waals surface area contributed by atoms with Gasteiger partial charge >= 0.3 is 0 Å². The molecule has 1 aromatic heterocycles. The van der Waals surface area contributed by atoms with Gasteiger partial charge in [-0.1, -0.05) is 30.0 Å². The van der Waals surface area contributed by atoms with E-state index >= 15 is 0 Å². The number of nitrogens with zero attached hydrogens (tertiary/aromatic N) is 1. The molecule has 3 aromatic rings. The molecule has 2 aliphatic carbocycles. The summed E-state index contributed by atoms with van der Waals surface area (Å²) in [5.41, 5.74) is 1.08. The van der Waals surface area contributed by atoms with Crippen molar-refractivity contribution in [2.45, 2.75) is 51.1 Å². The van der Waals surface area contributed by atoms with Crippen LogP contribution in [0.1, 0.15) is 72.5 Å². The van der Waals surface area contributed by atoms with Gasteiger partial charge in [-0.3, -0.25) is 14.5 Å². The summed E-state index contributed by atoms with van der Waals surface area (Å²) in [4.78, 5) is 31.7. The highest BCUT2D eigenvalue weighted by atomic mass is 19.1. The highest BCUT2D eigenvalue weighted by molar-refractivity contribution is 6.06. The van der Waals surface area contributed by atoms with Crippen LogP contribution in [-0.2, 0) is 5.67 Å². The number of carbonyl (C=O) groups is 1. The Labute approximate surface area is 217 Å². The summed E-state index contributed by atoms with van der Waals surface area (Å²) in [6, 6.07) is 11.1. The minimum absolute atomic E-state index is 0.0608. The number of aromatic nitrogens is 1. The lowest BCUT2D eigenvalue weighted by Crippen LogP contribution is -2.24. The second-order valence-corrected chi connectivity index (χ2v) is 11.2. The van der Waals surface area contributed by atoms with Gasteiger partial charge in [-0.2, -0.15) is 0 Å². The molecule has 2 fully saturated rings. The highest BCUT2D eigenvalue weighted by Gasteiger charge is 2.42. The monoisotopic (exact) mass is 499 g/mol. The summed E-state index contributed by atoms with van der Waals surface area (Å²) in [5, 5.41) is 3.11. The Morgan fingerprint density at radius 1 is 1.14 bits per heavy atom. The van der Waals surface area contributed by atoms with E-state index in [2.05, 4.69) is 34.3 Å². The fourth-order valence-corrected chi connectivity index (χ4v) is 6.19. The number of benzene rings is 2. The molecule has 5 rings (SSSR count). The van der Waals surface area contributed by atoms with Gasteiger partial charge in [0.25, 0.3) is 5.91 Å². The SMILES string of the molecule is CN(C)CC#Cc1cc(C2C3CCC2CC3)ccc1NC(=O)c1c[nH]c2cccc(C(C)(C)F)c2c1=O. The predicted molar refractivity (Wildman–Crippen MR) is 147 cm³/mol. The third-order valence-corrected chi connectivity index (χ3v) is 7.92. The van der Waals surface area contributed by atoms with E-state index in [-0.39, 0.29) is 16.5 Å². The van der Waals surface area contributed by atoms with Gasteiger partial charge in [0.1, 0.15) is 11.2 Å². The molecule has 1 amide bonds. The maximum atomic E-state index is 14.9. The largest absolute Gasteiger partial charge is 0.360 e. The van der Waals surface area contributed by atoms with Crippen molar-refractivity contribution in [2.75, 3.05) is 26.0 Å². The molecule has 2 aliphatic rings. The number of carbonyl (C=O) groups excluding carboxylic acids is 1. The van der Waals surface area contributed by atoms with Crippen molar-refractivity contribution in [1.82, 2.24) is 9.88 Å². The molecule has 2 aromatic carbocycles. The van der Waals surface area contributed by atoms with E-state index in [1.807, 2.05) is 25.1 Å². The maximum absolute atomic E-state index is 14.9. The smallest absolute Gasteiger partial charge is 0.261 e. The van der Waals surface area contributed by atoms with Crippen LogP contribution >= 0.6 is 0 Å². The van der Waals surface area contributed by atoms with E-state index in [9.17, 15) is 14.0 Å². The molecule has 0 atom stereocenters. The number of halogens is 1. The molecule has 2 N–H and O–H groups in total. The third kappa shape index (κ3) is 4.93. The van der Waals surface area contributed by atoms with E-state index in [0.29, 0.717) is 23.7 Å². The second kappa shape index (κ2) is 9.79. The van der Waals surface area contributed by atoms with Crippen molar-refractivity contribution in [3.63, 3.8) is 0 Å². The number of rotatable bonds is 5. The molecule has 5 nitrogen and oxygen atoms in total. The number of H-pyrrole nitrogens is 1. The Bertz CT molecular complexity index is 1450. The van der Waals surface area contributed by atoms with Crippen molar-refractivity contribution in [1.29, 1.82) is 0 Å². The van der Waals surface area contributed by atoms with Crippen LogP contribution in [-0.4, -0.2) is 36.4 Å². The van der Waals surface area contributed by atoms with Gasteiger partial charge in [0.2, 0.25) is 5.43 Å². The Morgan fingerprint density at radius 2 is 1.84 bits per heavy atom. The van der Waals surface area contributed by atoms with Gasteiger partial charge in [-0.15, -0.1) is 0 Å². The lowest BCUT2D eigenvalue weighted by molar-refractivity contribution is 0.102. The minimum atomic E-state index is -1.73. The van der Waals surface area contributed by atoms with E-state index < -0.39 is 17.0 Å². The first kappa shape index (κ1) is 25.2. The van der Waals surface area contributed by atoms with Crippen molar-refractivity contribution in [3.8, 4) is 11.8 Å². The number of fused-ring (bicyclic) bond motifs is 3. The number of alkyl halides is 1. The van der Waals surface area contributed by atoms with E-state index in [1.165, 1.54) is 51.3 Å². The van der Waals surface area contributed by atoms with Crippen molar-refractivity contribution >= 4 is 22.5 Å². The Hall–Kier alpha value is -3.43. The van der Waals surface area contributed by atoms with Crippen LogP contribution in [0.2, 0.25) is 0 Å². The van der Waals surface area contributed by atoms with Crippen LogP contribution in [0.15, 0.2) is 47.4 Å². The highest BCUT2D eigenvalue weighted by Crippen LogP contribution is 2.54. The quantitative estimate of drug-likeness (QED) is 0.436. The van der Waals surface area contributed by atoms with Crippen molar-refractivity contribution in [3.05, 3.63) is 75.1 Å². The van der Waals surface area contributed by atoms with Gasteiger partial charge in [-0.05, 0) is 95.1 Å². The number of hydrogen-bond donors (Lipinski definition) is 2. The second-order valence-electron chi connectivity index (χ2n) is 11.2. The van der Waals surface area contributed by atoms with E-state index in [1.54, 1.807) is 18.2 Å². The van der Waals surface area contributed by atoms with Gasteiger partial charge < -0.3 is 10.3 Å². The van der Waals surface area contributed by atoms with Crippen LogP contribution in [0.4, 0.5) is 10.1 Å². The average molecular weight is 500 g/mol. The number of amides is 1.